The lowest BCUT2D eigenvalue weighted by atomic mass is 9.73. The van der Waals surface area contributed by atoms with Gasteiger partial charge in [-0.2, -0.15) is 0 Å². The average molecular weight is 325 g/mol. The van der Waals surface area contributed by atoms with Gasteiger partial charge < -0.3 is 4.90 Å². The van der Waals surface area contributed by atoms with Gasteiger partial charge in [0.1, 0.15) is 0 Å². The molecule has 4 rings (SSSR count). The van der Waals surface area contributed by atoms with E-state index in [9.17, 15) is 0 Å². The second-order valence-electron chi connectivity index (χ2n) is 6.89. The number of hydrogen-bond donors (Lipinski definition) is 0. The van der Waals surface area contributed by atoms with Crippen molar-refractivity contribution in [3.63, 3.8) is 0 Å². The van der Waals surface area contributed by atoms with Gasteiger partial charge in [0.25, 0.3) is 0 Å². The van der Waals surface area contributed by atoms with E-state index in [1.54, 1.807) is 0 Å². The summed E-state index contributed by atoms with van der Waals surface area (Å²) in [6.07, 6.45) is 3.35. The monoisotopic (exact) mass is 325 g/mol. The Bertz CT molecular complexity index is 811. The van der Waals surface area contributed by atoms with E-state index in [0.29, 0.717) is 0 Å². The zero-order valence-electron chi connectivity index (χ0n) is 14.6. The van der Waals surface area contributed by atoms with Gasteiger partial charge >= 0.3 is 0 Å². The van der Waals surface area contributed by atoms with Gasteiger partial charge in [0.15, 0.2) is 0 Å². The lowest BCUT2D eigenvalue weighted by Gasteiger charge is -2.30. The average Bonchev–Trinajstić information content (AvgIpc) is 3.01. The SMILES string of the molecule is CN1CC(c2ccccc2)(c2ccccc2)C/C1=C/c1ccccc1. The normalized spacial score (nSPS) is 17.8. The summed E-state index contributed by atoms with van der Waals surface area (Å²) in [6, 6.07) is 32.5. The molecule has 1 saturated heterocycles. The number of nitrogens with zero attached hydrogens (tertiary/aromatic N) is 1. The first-order valence-corrected chi connectivity index (χ1v) is 8.86. The second kappa shape index (κ2) is 6.60. The third kappa shape index (κ3) is 2.98. The molecular weight excluding hydrogens is 302 g/mol. The first-order valence-electron chi connectivity index (χ1n) is 8.86. The number of allylic oxidation sites excluding steroid dienone is 1. The van der Waals surface area contributed by atoms with Crippen LogP contribution < -0.4 is 0 Å². The Morgan fingerprint density at radius 2 is 1.20 bits per heavy atom. The van der Waals surface area contributed by atoms with Crippen LogP contribution in [0.15, 0.2) is 96.7 Å². The van der Waals surface area contributed by atoms with Gasteiger partial charge in [0.2, 0.25) is 0 Å². The summed E-state index contributed by atoms with van der Waals surface area (Å²) in [6.45, 7) is 1.000. The molecule has 0 N–H and O–H groups in total. The first-order chi connectivity index (χ1) is 12.3. The molecule has 0 unspecified atom stereocenters. The summed E-state index contributed by atoms with van der Waals surface area (Å²) in [4.78, 5) is 2.41. The number of likely N-dealkylation sites (N-methyl/N-ethyl adjacent to an activating group) is 1. The van der Waals surface area contributed by atoms with E-state index >= 15 is 0 Å². The second-order valence-corrected chi connectivity index (χ2v) is 6.89. The van der Waals surface area contributed by atoms with Crippen molar-refractivity contribution in [3.8, 4) is 0 Å². The molecule has 1 heteroatoms. The quantitative estimate of drug-likeness (QED) is 0.627. The first kappa shape index (κ1) is 15.7. The molecule has 3 aromatic carbocycles. The number of hydrogen-bond acceptors (Lipinski definition) is 1. The molecule has 0 amide bonds. The van der Waals surface area contributed by atoms with Crippen LogP contribution in [0.4, 0.5) is 0 Å². The molecule has 0 saturated carbocycles. The molecule has 124 valence electrons. The molecule has 0 aromatic heterocycles. The fourth-order valence-electron chi connectivity index (χ4n) is 3.98. The molecular formula is C24H23N. The Labute approximate surface area is 150 Å². The molecule has 1 nitrogen and oxygen atoms in total. The highest BCUT2D eigenvalue weighted by Crippen LogP contribution is 2.45. The molecule has 3 aromatic rings. The maximum atomic E-state index is 2.41. The number of likely N-dealkylation sites (tertiary alicyclic amines) is 1. The zero-order valence-corrected chi connectivity index (χ0v) is 14.6. The summed E-state index contributed by atoms with van der Waals surface area (Å²) in [5.74, 6) is 0. The van der Waals surface area contributed by atoms with Crippen LogP contribution >= 0.6 is 0 Å². The zero-order chi connectivity index (χ0) is 17.1. The molecule has 0 aliphatic carbocycles. The van der Waals surface area contributed by atoms with E-state index < -0.39 is 0 Å². The van der Waals surface area contributed by atoms with Crippen LogP contribution in [-0.2, 0) is 5.41 Å². The van der Waals surface area contributed by atoms with E-state index in [2.05, 4.69) is 109 Å². The van der Waals surface area contributed by atoms with Crippen LogP contribution in [0.25, 0.3) is 6.08 Å². The number of rotatable bonds is 3. The van der Waals surface area contributed by atoms with E-state index in [4.69, 9.17) is 0 Å². The van der Waals surface area contributed by atoms with Crippen LogP contribution in [0.1, 0.15) is 23.1 Å². The van der Waals surface area contributed by atoms with Crippen LogP contribution in [0.2, 0.25) is 0 Å². The molecule has 0 radical (unpaired) electrons. The minimum atomic E-state index is 0.0118. The summed E-state index contributed by atoms with van der Waals surface area (Å²) >= 11 is 0. The molecule has 0 atom stereocenters. The fourth-order valence-corrected chi connectivity index (χ4v) is 3.98. The van der Waals surface area contributed by atoms with Crippen molar-refractivity contribution in [2.45, 2.75) is 11.8 Å². The van der Waals surface area contributed by atoms with Gasteiger partial charge in [0.05, 0.1) is 0 Å². The van der Waals surface area contributed by atoms with Crippen molar-refractivity contribution in [1.82, 2.24) is 4.90 Å². The van der Waals surface area contributed by atoms with Crippen LogP contribution in [0.5, 0.6) is 0 Å². The highest BCUT2D eigenvalue weighted by molar-refractivity contribution is 5.56. The predicted octanol–water partition coefficient (Wildman–Crippen LogP) is 5.35. The van der Waals surface area contributed by atoms with Crippen LogP contribution in [0.3, 0.4) is 0 Å². The molecule has 1 heterocycles. The standard InChI is InChI=1S/C24H23N/c1-25-19-24(21-13-7-3-8-14-21,22-15-9-4-10-16-22)18-23(25)17-20-11-5-2-6-12-20/h2-17H,18-19H2,1H3/b23-17-. The third-order valence-electron chi connectivity index (χ3n) is 5.27. The maximum absolute atomic E-state index is 2.41. The van der Waals surface area contributed by atoms with Crippen molar-refractivity contribution >= 4 is 6.08 Å². The largest absolute Gasteiger partial charge is 0.377 e. The minimum Gasteiger partial charge on any atom is -0.377 e. The van der Waals surface area contributed by atoms with Crippen molar-refractivity contribution in [3.05, 3.63) is 113 Å². The van der Waals surface area contributed by atoms with Crippen LogP contribution in [0, 0.1) is 0 Å². The van der Waals surface area contributed by atoms with Gasteiger partial charge in [-0.3, -0.25) is 0 Å². The van der Waals surface area contributed by atoms with Gasteiger partial charge in [-0.25, -0.2) is 0 Å². The van der Waals surface area contributed by atoms with E-state index in [1.807, 2.05) is 0 Å². The predicted molar refractivity (Wildman–Crippen MR) is 105 cm³/mol. The fraction of sp³-hybridized carbons (Fsp3) is 0.167. The van der Waals surface area contributed by atoms with E-state index in [0.717, 1.165) is 13.0 Å². The van der Waals surface area contributed by atoms with Crippen molar-refractivity contribution in [1.29, 1.82) is 0 Å². The molecule has 1 aliphatic rings. The molecule has 25 heavy (non-hydrogen) atoms. The topological polar surface area (TPSA) is 3.24 Å². The Morgan fingerprint density at radius 1 is 0.720 bits per heavy atom. The van der Waals surface area contributed by atoms with E-state index in [1.165, 1.54) is 22.4 Å². The van der Waals surface area contributed by atoms with Crippen molar-refractivity contribution in [2.24, 2.45) is 0 Å². The minimum absolute atomic E-state index is 0.0118. The van der Waals surface area contributed by atoms with Gasteiger partial charge in [0, 0.05) is 31.1 Å². The van der Waals surface area contributed by atoms with Crippen LogP contribution in [-0.4, -0.2) is 18.5 Å². The third-order valence-corrected chi connectivity index (χ3v) is 5.27. The highest BCUT2D eigenvalue weighted by Gasteiger charge is 2.42. The molecule has 0 bridgehead atoms. The summed E-state index contributed by atoms with van der Waals surface area (Å²) in [7, 11) is 2.21. The summed E-state index contributed by atoms with van der Waals surface area (Å²) in [5.41, 5.74) is 5.45. The molecule has 0 spiro atoms. The van der Waals surface area contributed by atoms with Crippen molar-refractivity contribution < 1.29 is 0 Å². The Balaban J connectivity index is 1.80. The Morgan fingerprint density at radius 3 is 1.72 bits per heavy atom. The van der Waals surface area contributed by atoms with Gasteiger partial charge in [-0.05, 0) is 22.8 Å². The van der Waals surface area contributed by atoms with E-state index in [-0.39, 0.29) is 5.41 Å². The van der Waals surface area contributed by atoms with Crippen molar-refractivity contribution in [2.75, 3.05) is 13.6 Å². The smallest absolute Gasteiger partial charge is 0.0431 e. The van der Waals surface area contributed by atoms with Gasteiger partial charge in [-0.1, -0.05) is 91.0 Å². The lowest BCUT2D eigenvalue weighted by Crippen LogP contribution is -2.30. The summed E-state index contributed by atoms with van der Waals surface area (Å²) < 4.78 is 0. The molecule has 1 fully saturated rings. The maximum Gasteiger partial charge on any atom is 0.0431 e. The molecule has 1 aliphatic heterocycles. The highest BCUT2D eigenvalue weighted by atomic mass is 15.1. The Hall–Kier alpha value is -2.80. The lowest BCUT2D eigenvalue weighted by molar-refractivity contribution is 0.427. The number of benzene rings is 3. The van der Waals surface area contributed by atoms with Gasteiger partial charge in [-0.15, -0.1) is 0 Å². The summed E-state index contributed by atoms with van der Waals surface area (Å²) in [5, 5.41) is 0. The Kier molecular flexibility index (Phi) is 4.15.